The van der Waals surface area contributed by atoms with Crippen molar-refractivity contribution in [2.45, 2.75) is 12.8 Å². The second-order valence-electron chi connectivity index (χ2n) is 2.70. The van der Waals surface area contributed by atoms with Gasteiger partial charge in [0.05, 0.1) is 0 Å². The number of likely N-dealkylation sites (tertiary alicyclic amines) is 1. The summed E-state index contributed by atoms with van der Waals surface area (Å²) in [5.41, 5.74) is 1.32. The monoisotopic (exact) mass is 151 g/mol. The predicted octanol–water partition coefficient (Wildman–Crippen LogP) is 1.35. The Bertz CT molecular complexity index is 194. The van der Waals surface area contributed by atoms with Crippen LogP contribution in [0.3, 0.4) is 0 Å². The van der Waals surface area contributed by atoms with E-state index in [4.69, 9.17) is 0 Å². The highest BCUT2D eigenvalue weighted by molar-refractivity contribution is 5.65. The van der Waals surface area contributed by atoms with E-state index in [1.165, 1.54) is 18.2 Å². The van der Waals surface area contributed by atoms with Gasteiger partial charge in [-0.15, -0.1) is 0 Å². The lowest BCUT2D eigenvalue weighted by Gasteiger charge is -2.10. The Morgan fingerprint density at radius 3 is 2.82 bits per heavy atom. The van der Waals surface area contributed by atoms with Gasteiger partial charge in [0.25, 0.3) is 0 Å². The lowest BCUT2D eigenvalue weighted by atomic mass is 10.3. The summed E-state index contributed by atoms with van der Waals surface area (Å²) in [6, 6.07) is 0. The third kappa shape index (κ3) is 2.22. The third-order valence-electron chi connectivity index (χ3n) is 1.90. The minimum absolute atomic E-state index is 0.798. The Hall–Kier alpha value is -1.05. The molecule has 11 heavy (non-hydrogen) atoms. The molecule has 0 radical (unpaired) electrons. The van der Waals surface area contributed by atoms with Gasteiger partial charge in [0, 0.05) is 19.3 Å². The molecule has 0 spiro atoms. The van der Waals surface area contributed by atoms with Crippen LogP contribution < -0.4 is 0 Å². The third-order valence-corrected chi connectivity index (χ3v) is 1.90. The summed E-state index contributed by atoms with van der Waals surface area (Å²) in [6.07, 6.45) is 8.48. The first-order chi connectivity index (χ1) is 5.34. The second kappa shape index (κ2) is 3.96. The Balaban J connectivity index is 2.51. The smallest absolute Gasteiger partial charge is 0.142 e. The van der Waals surface area contributed by atoms with Crippen molar-refractivity contribution in [2.24, 2.45) is 0 Å². The molecule has 0 atom stereocenters. The van der Waals surface area contributed by atoms with Crippen LogP contribution in [0.4, 0.5) is 0 Å². The van der Waals surface area contributed by atoms with E-state index in [1.54, 1.807) is 6.08 Å². The Kier molecular flexibility index (Phi) is 2.90. The fraction of sp³-hybridized carbons (Fsp3) is 0.444. The van der Waals surface area contributed by atoms with Crippen molar-refractivity contribution in [3.8, 4) is 0 Å². The van der Waals surface area contributed by atoms with Crippen molar-refractivity contribution in [3.05, 3.63) is 23.9 Å². The van der Waals surface area contributed by atoms with E-state index in [9.17, 15) is 4.79 Å². The Labute approximate surface area is 67.2 Å². The van der Waals surface area contributed by atoms with Crippen molar-refractivity contribution in [3.63, 3.8) is 0 Å². The molecule has 2 nitrogen and oxygen atoms in total. The van der Waals surface area contributed by atoms with Crippen LogP contribution in [0.15, 0.2) is 23.9 Å². The number of hydrogen-bond acceptors (Lipinski definition) is 2. The van der Waals surface area contributed by atoms with Crippen LogP contribution in [0.1, 0.15) is 12.8 Å². The van der Waals surface area contributed by atoms with Crippen LogP contribution in [0.25, 0.3) is 0 Å². The Morgan fingerprint density at radius 2 is 2.27 bits per heavy atom. The van der Waals surface area contributed by atoms with Gasteiger partial charge in [0.2, 0.25) is 0 Å². The number of allylic oxidation sites excluding steroid dienone is 4. The van der Waals surface area contributed by atoms with Crippen molar-refractivity contribution in [2.75, 3.05) is 13.6 Å². The highest BCUT2D eigenvalue weighted by Crippen LogP contribution is 2.17. The first-order valence-corrected chi connectivity index (χ1v) is 3.86. The summed E-state index contributed by atoms with van der Waals surface area (Å²) in [4.78, 5) is 12.1. The van der Waals surface area contributed by atoms with Gasteiger partial charge in [-0.1, -0.05) is 6.08 Å². The summed E-state index contributed by atoms with van der Waals surface area (Å²) in [5.74, 6) is 0. The zero-order valence-electron chi connectivity index (χ0n) is 6.79. The Morgan fingerprint density at radius 1 is 1.45 bits per heavy atom. The van der Waals surface area contributed by atoms with Gasteiger partial charge in [-0.2, -0.15) is 0 Å². The van der Waals surface area contributed by atoms with Gasteiger partial charge in [0.15, 0.2) is 0 Å². The zero-order valence-corrected chi connectivity index (χ0v) is 6.79. The number of hydrogen-bond donors (Lipinski definition) is 0. The topological polar surface area (TPSA) is 20.3 Å². The average molecular weight is 151 g/mol. The number of rotatable bonds is 2. The van der Waals surface area contributed by atoms with Crippen LogP contribution >= 0.6 is 0 Å². The van der Waals surface area contributed by atoms with Crippen LogP contribution in [0.2, 0.25) is 0 Å². The minimum Gasteiger partial charge on any atom is -0.378 e. The molecule has 1 aliphatic heterocycles. The maximum atomic E-state index is 9.93. The molecule has 1 fully saturated rings. The molecule has 0 aromatic rings. The molecular weight excluding hydrogens is 138 g/mol. The summed E-state index contributed by atoms with van der Waals surface area (Å²) >= 11 is 0. The number of carbonyl (C=O) groups is 1. The van der Waals surface area contributed by atoms with Gasteiger partial charge in [-0.05, 0) is 25.0 Å². The molecule has 0 amide bonds. The largest absolute Gasteiger partial charge is 0.378 e. The summed E-state index contributed by atoms with van der Waals surface area (Å²) in [7, 11) is 2.08. The normalized spacial score (nSPS) is 21.9. The van der Waals surface area contributed by atoms with Crippen molar-refractivity contribution in [1.82, 2.24) is 4.90 Å². The van der Waals surface area contributed by atoms with Gasteiger partial charge in [-0.3, -0.25) is 4.79 Å². The standard InChI is InChI=1S/C9H13NO/c1-10-7-4-6-9(10)5-2-3-8-11/h2-3,5,8H,4,6-7H2,1H3/b3-2-,9-5-. The van der Waals surface area contributed by atoms with Crippen LogP contribution in [-0.4, -0.2) is 24.8 Å². The van der Waals surface area contributed by atoms with E-state index in [0.29, 0.717) is 0 Å². The lowest BCUT2D eigenvalue weighted by molar-refractivity contribution is -0.104. The first kappa shape index (κ1) is 8.05. The van der Waals surface area contributed by atoms with Gasteiger partial charge in [-0.25, -0.2) is 0 Å². The van der Waals surface area contributed by atoms with E-state index < -0.39 is 0 Å². The zero-order chi connectivity index (χ0) is 8.10. The summed E-state index contributed by atoms with van der Waals surface area (Å²) in [5, 5.41) is 0. The van der Waals surface area contributed by atoms with Crippen LogP contribution in [-0.2, 0) is 4.79 Å². The second-order valence-corrected chi connectivity index (χ2v) is 2.70. The fourth-order valence-corrected chi connectivity index (χ4v) is 1.25. The number of aldehydes is 1. The van der Waals surface area contributed by atoms with Gasteiger partial charge in [0.1, 0.15) is 6.29 Å². The molecule has 1 rings (SSSR count). The maximum Gasteiger partial charge on any atom is 0.142 e. The molecule has 1 saturated heterocycles. The predicted molar refractivity (Wildman–Crippen MR) is 45.2 cm³/mol. The highest BCUT2D eigenvalue weighted by Gasteiger charge is 2.10. The van der Waals surface area contributed by atoms with E-state index in [-0.39, 0.29) is 0 Å². The molecule has 0 aromatic heterocycles. The van der Waals surface area contributed by atoms with Crippen molar-refractivity contribution in [1.29, 1.82) is 0 Å². The molecule has 0 aromatic carbocycles. The van der Waals surface area contributed by atoms with E-state index in [2.05, 4.69) is 11.9 Å². The minimum atomic E-state index is 0.798. The van der Waals surface area contributed by atoms with Gasteiger partial charge < -0.3 is 4.90 Å². The van der Waals surface area contributed by atoms with Crippen molar-refractivity contribution >= 4 is 6.29 Å². The lowest BCUT2D eigenvalue weighted by Crippen LogP contribution is -2.09. The van der Waals surface area contributed by atoms with Gasteiger partial charge >= 0.3 is 0 Å². The molecule has 0 bridgehead atoms. The quantitative estimate of drug-likeness (QED) is 0.438. The molecule has 1 aliphatic rings. The molecule has 1 heterocycles. The molecular formula is C9H13NO. The highest BCUT2D eigenvalue weighted by atomic mass is 16.1. The molecule has 0 N–H and O–H groups in total. The average Bonchev–Trinajstić information content (AvgIpc) is 2.37. The SMILES string of the molecule is CN1CCC/C1=C/C=C\C=O. The van der Waals surface area contributed by atoms with Crippen LogP contribution in [0, 0.1) is 0 Å². The number of nitrogens with zero attached hydrogens (tertiary/aromatic N) is 1. The fourth-order valence-electron chi connectivity index (χ4n) is 1.25. The molecule has 0 unspecified atom stereocenters. The van der Waals surface area contributed by atoms with Crippen molar-refractivity contribution < 1.29 is 4.79 Å². The van der Waals surface area contributed by atoms with E-state index in [1.807, 2.05) is 6.08 Å². The maximum absolute atomic E-state index is 9.93. The molecule has 2 heteroatoms. The van der Waals surface area contributed by atoms with Crippen LogP contribution in [0.5, 0.6) is 0 Å². The number of carbonyl (C=O) groups excluding carboxylic acids is 1. The summed E-state index contributed by atoms with van der Waals surface area (Å²) < 4.78 is 0. The van der Waals surface area contributed by atoms with E-state index in [0.717, 1.165) is 19.3 Å². The first-order valence-electron chi connectivity index (χ1n) is 3.86. The molecule has 0 saturated carbocycles. The van der Waals surface area contributed by atoms with E-state index >= 15 is 0 Å². The summed E-state index contributed by atoms with van der Waals surface area (Å²) in [6.45, 7) is 1.14. The molecule has 60 valence electrons. The molecule has 0 aliphatic carbocycles.